The van der Waals surface area contributed by atoms with Crippen LogP contribution in [0.4, 0.5) is 11.4 Å². The fourth-order valence-corrected chi connectivity index (χ4v) is 3.02. The molecule has 0 heterocycles. The second-order valence-corrected chi connectivity index (χ2v) is 6.84. The second kappa shape index (κ2) is 9.32. The Labute approximate surface area is 157 Å². The van der Waals surface area contributed by atoms with Gasteiger partial charge in [-0.25, -0.2) is 0 Å². The van der Waals surface area contributed by atoms with E-state index in [1.807, 2.05) is 6.08 Å². The molecule has 0 radical (unpaired) electrons. The first kappa shape index (κ1) is 19.9. The van der Waals surface area contributed by atoms with Gasteiger partial charge in [0.05, 0.1) is 18.4 Å². The zero-order valence-electron chi connectivity index (χ0n) is 16.4. The Morgan fingerprint density at radius 1 is 1.23 bits per heavy atom. The van der Waals surface area contributed by atoms with Gasteiger partial charge >= 0.3 is 0 Å². The van der Waals surface area contributed by atoms with Crippen molar-refractivity contribution < 1.29 is 4.74 Å². The number of unbranched alkanes of at least 4 members (excludes halogenated alkanes) is 1. The Morgan fingerprint density at radius 2 is 1.92 bits per heavy atom. The Morgan fingerprint density at radius 3 is 2.50 bits per heavy atom. The normalized spacial score (nSPS) is 17.0. The summed E-state index contributed by atoms with van der Waals surface area (Å²) in [5, 5.41) is 11.5. The average Bonchev–Trinajstić information content (AvgIpc) is 2.60. The molecule has 0 saturated heterocycles. The lowest BCUT2D eigenvalue weighted by atomic mass is 10.0. The molecule has 4 N–H and O–H groups in total. The first-order valence-electron chi connectivity index (χ1n) is 9.50. The maximum Gasteiger partial charge on any atom is 0.142 e. The van der Waals surface area contributed by atoms with Crippen LogP contribution in [-0.2, 0) is 4.74 Å². The highest BCUT2D eigenvalue weighted by Gasteiger charge is 2.19. The van der Waals surface area contributed by atoms with E-state index in [0.29, 0.717) is 29.8 Å². The quantitative estimate of drug-likeness (QED) is 0.577. The lowest BCUT2D eigenvalue weighted by Gasteiger charge is -2.28. The number of nitrogens with one attached hydrogen (secondary N) is 2. The van der Waals surface area contributed by atoms with Crippen LogP contribution in [0.1, 0.15) is 40.5 Å². The number of allylic oxidation sites excluding steroid dienone is 1. The molecule has 0 fully saturated rings. The summed E-state index contributed by atoms with van der Waals surface area (Å²) in [4.78, 5) is 2.35. The molecule has 2 rings (SSSR count). The van der Waals surface area contributed by atoms with Crippen molar-refractivity contribution in [2.24, 2.45) is 5.73 Å². The maximum absolute atomic E-state index is 8.04. The Hall–Kier alpha value is -2.43. The molecule has 26 heavy (non-hydrogen) atoms. The summed E-state index contributed by atoms with van der Waals surface area (Å²) in [6.45, 7) is 10.3. The van der Waals surface area contributed by atoms with Crippen LogP contribution in [-0.4, -0.2) is 30.9 Å². The summed E-state index contributed by atoms with van der Waals surface area (Å²) in [5.74, 6) is 0.596. The Bertz CT molecular complexity index is 661. The highest BCUT2D eigenvalue weighted by molar-refractivity contribution is 6.06. The third-order valence-electron chi connectivity index (χ3n) is 4.49. The molecule has 0 saturated carbocycles. The summed E-state index contributed by atoms with van der Waals surface area (Å²) >= 11 is 0. The van der Waals surface area contributed by atoms with Crippen LogP contribution in [0.2, 0.25) is 0 Å². The van der Waals surface area contributed by atoms with Crippen LogP contribution in [0.3, 0.4) is 0 Å². The number of ether oxygens (including phenoxy) is 1. The zero-order chi connectivity index (χ0) is 19.1. The lowest BCUT2D eigenvalue weighted by molar-refractivity contribution is 0.224. The van der Waals surface area contributed by atoms with Crippen molar-refractivity contribution in [2.45, 2.75) is 52.6 Å². The molecule has 1 atom stereocenters. The van der Waals surface area contributed by atoms with E-state index in [-0.39, 0.29) is 6.04 Å². The van der Waals surface area contributed by atoms with Crippen molar-refractivity contribution >= 4 is 17.1 Å². The molecule has 1 aromatic carbocycles. The third kappa shape index (κ3) is 5.04. The summed E-state index contributed by atoms with van der Waals surface area (Å²) < 4.78 is 5.73. The van der Waals surface area contributed by atoms with Gasteiger partial charge in [-0.15, -0.1) is 0 Å². The topological polar surface area (TPSA) is 74.4 Å². The molecule has 0 bridgehead atoms. The Kier molecular flexibility index (Phi) is 7.13. The minimum absolute atomic E-state index is 0.168. The van der Waals surface area contributed by atoms with Gasteiger partial charge in [-0.05, 0) is 63.6 Å². The van der Waals surface area contributed by atoms with Crippen molar-refractivity contribution in [1.82, 2.24) is 0 Å². The fraction of sp³-hybridized carbons (Fsp3) is 0.476. The molecule has 1 aromatic rings. The third-order valence-corrected chi connectivity index (χ3v) is 4.49. The molecule has 5 heteroatoms. The van der Waals surface area contributed by atoms with Crippen LogP contribution in [0.5, 0.6) is 0 Å². The highest BCUT2D eigenvalue weighted by atomic mass is 16.5. The van der Waals surface area contributed by atoms with Gasteiger partial charge in [-0.1, -0.05) is 13.3 Å². The Balaban J connectivity index is 2.08. The van der Waals surface area contributed by atoms with E-state index in [0.717, 1.165) is 25.1 Å². The van der Waals surface area contributed by atoms with Crippen molar-refractivity contribution in [2.75, 3.05) is 23.4 Å². The molecule has 0 spiro atoms. The summed E-state index contributed by atoms with van der Waals surface area (Å²) in [7, 11) is 0. The monoisotopic (exact) mass is 356 g/mol. The van der Waals surface area contributed by atoms with Crippen LogP contribution >= 0.6 is 0 Å². The van der Waals surface area contributed by atoms with E-state index < -0.39 is 0 Å². The number of benzene rings is 1. The summed E-state index contributed by atoms with van der Waals surface area (Å²) in [6.07, 6.45) is 5.61. The van der Waals surface area contributed by atoms with Gasteiger partial charge in [0, 0.05) is 29.7 Å². The standard InChI is InChI=1S/C21H32N4O/c1-5-7-12-26-21-14-20(18(22)13-19(21)23)24-16-8-10-17(11-9-16)25(6-2)15(3)4/h8-11,13-15,20,23-24H,5-7,12,22H2,1-4H3. The second-order valence-electron chi connectivity index (χ2n) is 6.84. The van der Waals surface area contributed by atoms with E-state index in [2.05, 4.69) is 62.2 Å². The number of hydrogen-bond donors (Lipinski definition) is 3. The van der Waals surface area contributed by atoms with Crippen molar-refractivity contribution in [3.63, 3.8) is 0 Å². The minimum Gasteiger partial charge on any atom is -0.492 e. The SMILES string of the molecule is CCCCOC1=CC(Nc2ccc(N(CC)C(C)C)cc2)C(N)=CC1=N. The van der Waals surface area contributed by atoms with E-state index in [1.165, 1.54) is 5.69 Å². The largest absolute Gasteiger partial charge is 0.492 e. The summed E-state index contributed by atoms with van der Waals surface area (Å²) in [5.41, 5.74) is 9.29. The minimum atomic E-state index is -0.168. The smallest absolute Gasteiger partial charge is 0.142 e. The molecule has 1 unspecified atom stereocenters. The van der Waals surface area contributed by atoms with E-state index in [1.54, 1.807) is 6.08 Å². The van der Waals surface area contributed by atoms with Gasteiger partial charge in [0.15, 0.2) is 0 Å². The zero-order valence-corrected chi connectivity index (χ0v) is 16.4. The van der Waals surface area contributed by atoms with Crippen molar-refractivity contribution in [3.05, 3.63) is 47.9 Å². The summed E-state index contributed by atoms with van der Waals surface area (Å²) in [6, 6.07) is 8.68. The number of nitrogens with two attached hydrogens (primary N) is 1. The van der Waals surface area contributed by atoms with E-state index in [4.69, 9.17) is 15.9 Å². The molecule has 142 valence electrons. The fourth-order valence-electron chi connectivity index (χ4n) is 3.02. The molecule has 1 aliphatic rings. The van der Waals surface area contributed by atoms with E-state index >= 15 is 0 Å². The van der Waals surface area contributed by atoms with Gasteiger partial charge in [0.2, 0.25) is 0 Å². The molecule has 5 nitrogen and oxygen atoms in total. The number of hydrogen-bond acceptors (Lipinski definition) is 5. The van der Waals surface area contributed by atoms with Crippen molar-refractivity contribution in [1.29, 1.82) is 5.41 Å². The van der Waals surface area contributed by atoms with E-state index in [9.17, 15) is 0 Å². The number of rotatable bonds is 9. The first-order chi connectivity index (χ1) is 12.5. The maximum atomic E-state index is 8.04. The molecular weight excluding hydrogens is 324 g/mol. The number of nitrogens with zero attached hydrogens (tertiary/aromatic N) is 1. The molecule has 0 aliphatic heterocycles. The van der Waals surface area contributed by atoms with Crippen LogP contribution in [0.25, 0.3) is 0 Å². The van der Waals surface area contributed by atoms with Gasteiger partial charge in [0.1, 0.15) is 5.76 Å². The predicted octanol–water partition coefficient (Wildman–Crippen LogP) is 4.28. The van der Waals surface area contributed by atoms with Gasteiger partial charge in [0.25, 0.3) is 0 Å². The van der Waals surface area contributed by atoms with Gasteiger partial charge in [-0.3, -0.25) is 5.41 Å². The van der Waals surface area contributed by atoms with Gasteiger partial charge in [-0.2, -0.15) is 0 Å². The van der Waals surface area contributed by atoms with Crippen LogP contribution in [0, 0.1) is 5.41 Å². The average molecular weight is 357 g/mol. The van der Waals surface area contributed by atoms with Crippen LogP contribution in [0.15, 0.2) is 47.9 Å². The lowest BCUT2D eigenvalue weighted by Crippen LogP contribution is -2.31. The van der Waals surface area contributed by atoms with Gasteiger partial charge < -0.3 is 20.7 Å². The first-order valence-corrected chi connectivity index (χ1v) is 9.50. The molecular formula is C21H32N4O. The highest BCUT2D eigenvalue weighted by Crippen LogP contribution is 2.23. The molecule has 0 aromatic heterocycles. The number of anilines is 2. The van der Waals surface area contributed by atoms with Crippen molar-refractivity contribution in [3.8, 4) is 0 Å². The predicted molar refractivity (Wildman–Crippen MR) is 111 cm³/mol. The molecule has 0 amide bonds. The van der Waals surface area contributed by atoms with Crippen LogP contribution < -0.4 is 16.0 Å². The molecule has 1 aliphatic carbocycles.